The maximum atomic E-state index is 9.73. The molecule has 1 atom stereocenters. The molecule has 2 aliphatic rings. The molecule has 0 aliphatic heterocycles. The molecule has 2 aliphatic carbocycles. The largest absolute Gasteiger partial charge is 0.393 e. The zero-order chi connectivity index (χ0) is 22.6. The van der Waals surface area contributed by atoms with E-state index in [4.69, 9.17) is 9.47 Å². The van der Waals surface area contributed by atoms with Crippen LogP contribution in [-0.2, 0) is 9.47 Å². The number of allylic oxidation sites excluding steroid dienone is 2. The van der Waals surface area contributed by atoms with E-state index in [1.54, 1.807) is 24.2 Å². The van der Waals surface area contributed by atoms with Crippen LogP contribution in [0.1, 0.15) is 38.1 Å². The zero-order valence-electron chi connectivity index (χ0n) is 18.5. The molecule has 1 unspecified atom stereocenters. The second kappa shape index (κ2) is 9.77. The third kappa shape index (κ3) is 4.95. The van der Waals surface area contributed by atoms with Crippen LogP contribution in [0.15, 0.2) is 36.8 Å². The molecule has 0 radical (unpaired) electrons. The highest BCUT2D eigenvalue weighted by atomic mass is 16.5. The summed E-state index contributed by atoms with van der Waals surface area (Å²) in [6, 6.07) is 0.310. The summed E-state index contributed by atoms with van der Waals surface area (Å²) in [4.78, 5) is 9.01. The Bertz CT molecular complexity index is 1150. The molecule has 5 rings (SSSR count). The smallest absolute Gasteiger partial charge is 0.229 e. The van der Waals surface area contributed by atoms with E-state index in [2.05, 4.69) is 36.8 Å². The molecule has 11 nitrogen and oxygen atoms in total. The lowest BCUT2D eigenvalue weighted by atomic mass is 9.93. The molecule has 3 aromatic heterocycles. The number of aromatic nitrogens is 7. The van der Waals surface area contributed by atoms with Gasteiger partial charge in [-0.1, -0.05) is 17.4 Å². The van der Waals surface area contributed by atoms with Crippen LogP contribution in [0, 0.1) is 0 Å². The molecule has 0 saturated heterocycles. The van der Waals surface area contributed by atoms with Crippen molar-refractivity contribution in [2.75, 3.05) is 25.6 Å². The SMILES string of the molecule is COCCOC1C=CC(n2nnc3cnc(Nc4cnn(C5CCC(O)CC5)c4)nc32)=CC1. The van der Waals surface area contributed by atoms with Crippen molar-refractivity contribution in [3.8, 4) is 0 Å². The Morgan fingerprint density at radius 3 is 2.85 bits per heavy atom. The summed E-state index contributed by atoms with van der Waals surface area (Å²) in [5.74, 6) is 0.450. The lowest BCUT2D eigenvalue weighted by Gasteiger charge is -2.25. The van der Waals surface area contributed by atoms with Crippen LogP contribution in [0.5, 0.6) is 0 Å². The molecule has 33 heavy (non-hydrogen) atoms. The van der Waals surface area contributed by atoms with Crippen molar-refractivity contribution >= 4 is 28.5 Å². The van der Waals surface area contributed by atoms with Crippen molar-refractivity contribution in [1.29, 1.82) is 0 Å². The van der Waals surface area contributed by atoms with Crippen molar-refractivity contribution in [3.05, 3.63) is 36.8 Å². The number of ether oxygens (including phenoxy) is 2. The van der Waals surface area contributed by atoms with Gasteiger partial charge in [-0.05, 0) is 38.2 Å². The number of methoxy groups -OCH3 is 1. The van der Waals surface area contributed by atoms with Crippen molar-refractivity contribution in [1.82, 2.24) is 34.7 Å². The van der Waals surface area contributed by atoms with Gasteiger partial charge in [-0.3, -0.25) is 4.68 Å². The van der Waals surface area contributed by atoms with E-state index >= 15 is 0 Å². The van der Waals surface area contributed by atoms with Gasteiger partial charge in [-0.15, -0.1) is 5.10 Å². The predicted octanol–water partition coefficient (Wildman–Crippen LogP) is 2.47. The highest BCUT2D eigenvalue weighted by molar-refractivity contribution is 5.76. The normalized spacial score (nSPS) is 23.1. The molecule has 174 valence electrons. The molecule has 1 saturated carbocycles. The van der Waals surface area contributed by atoms with E-state index in [1.165, 1.54) is 0 Å². The fraction of sp³-hybridized carbons (Fsp3) is 0.500. The molecule has 0 amide bonds. The molecule has 11 heteroatoms. The maximum absolute atomic E-state index is 9.73. The lowest BCUT2D eigenvalue weighted by Crippen LogP contribution is -2.21. The van der Waals surface area contributed by atoms with Gasteiger partial charge in [0.1, 0.15) is 0 Å². The van der Waals surface area contributed by atoms with Gasteiger partial charge in [0.05, 0.1) is 55.2 Å². The highest BCUT2D eigenvalue weighted by Gasteiger charge is 2.21. The van der Waals surface area contributed by atoms with E-state index in [0.29, 0.717) is 36.4 Å². The number of nitrogens with zero attached hydrogens (tertiary/aromatic N) is 7. The van der Waals surface area contributed by atoms with Gasteiger partial charge in [0, 0.05) is 13.3 Å². The molecule has 0 spiro atoms. The second-order valence-electron chi connectivity index (χ2n) is 8.33. The molecule has 1 fully saturated rings. The van der Waals surface area contributed by atoms with Crippen LogP contribution in [0.3, 0.4) is 0 Å². The number of hydrogen-bond donors (Lipinski definition) is 2. The van der Waals surface area contributed by atoms with Crippen LogP contribution >= 0.6 is 0 Å². The third-order valence-corrected chi connectivity index (χ3v) is 6.00. The monoisotopic (exact) mass is 452 g/mol. The van der Waals surface area contributed by atoms with Gasteiger partial charge in [0.25, 0.3) is 0 Å². The highest BCUT2D eigenvalue weighted by Crippen LogP contribution is 2.29. The van der Waals surface area contributed by atoms with Crippen LogP contribution < -0.4 is 5.32 Å². The Morgan fingerprint density at radius 1 is 1.18 bits per heavy atom. The number of aliphatic hydroxyl groups excluding tert-OH is 1. The van der Waals surface area contributed by atoms with E-state index in [9.17, 15) is 5.11 Å². The quantitative estimate of drug-likeness (QED) is 0.496. The molecular weight excluding hydrogens is 424 g/mol. The van der Waals surface area contributed by atoms with Gasteiger partial charge >= 0.3 is 0 Å². The summed E-state index contributed by atoms with van der Waals surface area (Å²) in [5, 5.41) is 25.9. The average Bonchev–Trinajstić information content (AvgIpc) is 3.47. The minimum atomic E-state index is -0.184. The zero-order valence-corrected chi connectivity index (χ0v) is 18.5. The molecule has 3 heterocycles. The Kier molecular flexibility index (Phi) is 6.42. The Hall–Kier alpha value is -3.15. The van der Waals surface area contributed by atoms with Crippen LogP contribution in [0.4, 0.5) is 11.6 Å². The first kappa shape index (κ1) is 21.7. The number of anilines is 2. The second-order valence-corrected chi connectivity index (χ2v) is 8.33. The Labute approximate surface area is 191 Å². The van der Waals surface area contributed by atoms with Gasteiger partial charge in [-0.25, -0.2) is 4.98 Å². The lowest BCUT2D eigenvalue weighted by molar-refractivity contribution is 0.0405. The number of aliphatic hydroxyl groups is 1. The number of nitrogens with one attached hydrogen (secondary N) is 1. The van der Waals surface area contributed by atoms with Gasteiger partial charge in [0.15, 0.2) is 11.2 Å². The minimum absolute atomic E-state index is 0.0227. The maximum Gasteiger partial charge on any atom is 0.229 e. The first-order chi connectivity index (χ1) is 16.2. The van der Waals surface area contributed by atoms with Gasteiger partial charge in [-0.2, -0.15) is 14.8 Å². The average molecular weight is 453 g/mol. The Balaban J connectivity index is 1.28. The van der Waals surface area contributed by atoms with E-state index in [-0.39, 0.29) is 12.2 Å². The first-order valence-electron chi connectivity index (χ1n) is 11.3. The van der Waals surface area contributed by atoms with Crippen molar-refractivity contribution in [2.45, 2.75) is 50.4 Å². The van der Waals surface area contributed by atoms with Crippen LogP contribution in [0.2, 0.25) is 0 Å². The summed E-state index contributed by atoms with van der Waals surface area (Å²) in [5.41, 5.74) is 2.94. The topological polar surface area (TPSA) is 125 Å². The number of rotatable bonds is 8. The summed E-state index contributed by atoms with van der Waals surface area (Å²) in [6.07, 6.45) is 15.5. The number of hydrogen-bond acceptors (Lipinski definition) is 9. The van der Waals surface area contributed by atoms with Gasteiger partial charge < -0.3 is 19.9 Å². The van der Waals surface area contributed by atoms with Gasteiger partial charge in [0.2, 0.25) is 5.95 Å². The van der Waals surface area contributed by atoms with Crippen molar-refractivity contribution in [3.63, 3.8) is 0 Å². The summed E-state index contributed by atoms with van der Waals surface area (Å²) in [7, 11) is 1.66. The molecule has 0 bridgehead atoms. The van der Waals surface area contributed by atoms with E-state index in [0.717, 1.165) is 43.5 Å². The summed E-state index contributed by atoms with van der Waals surface area (Å²) < 4.78 is 14.5. The molecule has 3 aromatic rings. The Morgan fingerprint density at radius 2 is 2.06 bits per heavy atom. The van der Waals surface area contributed by atoms with Crippen LogP contribution in [0.25, 0.3) is 16.9 Å². The van der Waals surface area contributed by atoms with Crippen molar-refractivity contribution < 1.29 is 14.6 Å². The fourth-order valence-corrected chi connectivity index (χ4v) is 4.17. The standard InChI is InChI=1S/C22H28N8O3/c1-32-10-11-33-19-8-4-17(5-9-19)30-21-20(27-28-30)13-23-22(26-21)25-15-12-24-29(14-15)16-2-6-18(31)7-3-16/h4-5,8,12-14,16,18-19,31H,2-3,6-7,9-11H2,1H3,(H,23,25,26). The third-order valence-electron chi connectivity index (χ3n) is 6.00. The van der Waals surface area contributed by atoms with E-state index in [1.807, 2.05) is 23.0 Å². The minimum Gasteiger partial charge on any atom is -0.393 e. The molecular formula is C22H28N8O3. The summed E-state index contributed by atoms with van der Waals surface area (Å²) >= 11 is 0. The molecule has 0 aromatic carbocycles. The van der Waals surface area contributed by atoms with E-state index < -0.39 is 0 Å². The predicted molar refractivity (Wildman–Crippen MR) is 122 cm³/mol. The number of fused-ring (bicyclic) bond motifs is 1. The van der Waals surface area contributed by atoms with Crippen molar-refractivity contribution in [2.24, 2.45) is 0 Å². The molecule has 2 N–H and O–H groups in total. The van der Waals surface area contributed by atoms with Crippen LogP contribution in [-0.4, -0.2) is 72.4 Å². The summed E-state index contributed by atoms with van der Waals surface area (Å²) in [6.45, 7) is 1.13. The fourth-order valence-electron chi connectivity index (χ4n) is 4.17. The first-order valence-corrected chi connectivity index (χ1v) is 11.3.